The van der Waals surface area contributed by atoms with Gasteiger partial charge in [0.25, 0.3) is 0 Å². The first-order valence-corrected chi connectivity index (χ1v) is 11.4. The van der Waals surface area contributed by atoms with Crippen molar-refractivity contribution in [3.8, 4) is 5.75 Å². The number of amides is 1. The minimum atomic E-state index is -3.91. The average molecular weight is 454 g/mol. The lowest BCUT2D eigenvalue weighted by Gasteiger charge is -2.18. The van der Waals surface area contributed by atoms with Gasteiger partial charge in [0.2, 0.25) is 15.9 Å². The summed E-state index contributed by atoms with van der Waals surface area (Å²) in [5.74, 6) is 0.119. The molecule has 1 saturated heterocycles. The highest BCUT2D eigenvalue weighted by atomic mass is 32.2. The van der Waals surface area contributed by atoms with Crippen LogP contribution in [-0.4, -0.2) is 49.7 Å². The molecule has 0 radical (unpaired) electrons. The topological polar surface area (TPSA) is 138 Å². The van der Waals surface area contributed by atoms with Crippen molar-refractivity contribution in [1.29, 1.82) is 5.41 Å². The van der Waals surface area contributed by atoms with E-state index in [2.05, 4.69) is 9.71 Å². The van der Waals surface area contributed by atoms with Crippen LogP contribution in [0.25, 0.3) is 10.8 Å². The number of nitrogens with zero attached hydrogens (tertiary/aromatic N) is 2. The lowest BCUT2D eigenvalue weighted by Crippen LogP contribution is -2.41. The number of likely N-dealkylation sites (tertiary alicyclic amines) is 1. The van der Waals surface area contributed by atoms with Gasteiger partial charge in [-0.3, -0.25) is 15.2 Å². The lowest BCUT2D eigenvalue weighted by atomic mass is 10.1. The summed E-state index contributed by atoms with van der Waals surface area (Å²) in [5, 5.41) is 9.25. The molecule has 4 N–H and O–H groups in total. The number of aromatic nitrogens is 1. The maximum Gasteiger partial charge on any atom is 0.241 e. The molecule has 0 spiro atoms. The summed E-state index contributed by atoms with van der Waals surface area (Å²) >= 11 is 0. The molecule has 3 aromatic rings. The van der Waals surface area contributed by atoms with E-state index in [-0.39, 0.29) is 23.2 Å². The zero-order valence-electron chi connectivity index (χ0n) is 17.4. The third kappa shape index (κ3) is 4.27. The number of methoxy groups -OCH3 is 1. The van der Waals surface area contributed by atoms with Gasteiger partial charge in [-0.2, -0.15) is 4.72 Å². The van der Waals surface area contributed by atoms with Crippen molar-refractivity contribution >= 4 is 32.5 Å². The standard InChI is InChI=1S/C22H23N5O4S/c1-31-17-6-4-14-5-7-18(12-16(14)11-17)32(29,30)26-19-8-10-27(22(19)28)13-15-3-2-9-25-20(15)21(23)24/h2-7,9,11-12,19,26H,8,10,13H2,1H3,(H3,23,24). The number of benzene rings is 2. The van der Waals surface area contributed by atoms with Crippen molar-refractivity contribution in [2.24, 2.45) is 5.73 Å². The molecule has 0 aliphatic carbocycles. The second-order valence-corrected chi connectivity index (χ2v) is 9.24. The van der Waals surface area contributed by atoms with Gasteiger partial charge in [0.15, 0.2) is 0 Å². The molecular formula is C22H23N5O4S. The van der Waals surface area contributed by atoms with E-state index in [0.717, 1.165) is 10.8 Å². The number of sulfonamides is 1. The van der Waals surface area contributed by atoms with Crippen molar-refractivity contribution in [2.75, 3.05) is 13.7 Å². The molecule has 0 bridgehead atoms. The molecule has 4 rings (SSSR count). The molecule has 1 aliphatic heterocycles. The molecule has 1 fully saturated rings. The van der Waals surface area contributed by atoms with E-state index in [1.165, 1.54) is 12.3 Å². The highest BCUT2D eigenvalue weighted by molar-refractivity contribution is 7.89. The maximum absolute atomic E-state index is 13.0. The summed E-state index contributed by atoms with van der Waals surface area (Å²) in [6.07, 6.45) is 1.87. The largest absolute Gasteiger partial charge is 0.497 e. The van der Waals surface area contributed by atoms with Crippen LogP contribution in [0.2, 0.25) is 0 Å². The minimum absolute atomic E-state index is 0.0793. The Hall–Kier alpha value is -3.50. The lowest BCUT2D eigenvalue weighted by molar-refractivity contribution is -0.129. The second kappa shape index (κ2) is 8.56. The molecular weight excluding hydrogens is 430 g/mol. The second-order valence-electron chi connectivity index (χ2n) is 7.52. The minimum Gasteiger partial charge on any atom is -0.497 e. The van der Waals surface area contributed by atoms with Crippen LogP contribution in [0.4, 0.5) is 0 Å². The molecule has 166 valence electrons. The van der Waals surface area contributed by atoms with E-state index in [4.69, 9.17) is 15.9 Å². The number of nitrogens with two attached hydrogens (primary N) is 1. The number of ether oxygens (including phenoxy) is 1. The number of nitrogen functional groups attached to an aromatic ring is 1. The number of carbonyl (C=O) groups is 1. The van der Waals surface area contributed by atoms with E-state index in [9.17, 15) is 13.2 Å². The van der Waals surface area contributed by atoms with E-state index in [0.29, 0.717) is 30.0 Å². The Balaban J connectivity index is 1.51. The van der Waals surface area contributed by atoms with Crippen LogP contribution in [0.15, 0.2) is 59.6 Å². The molecule has 10 heteroatoms. The molecule has 9 nitrogen and oxygen atoms in total. The zero-order chi connectivity index (χ0) is 22.9. The monoisotopic (exact) mass is 453 g/mol. The van der Waals surface area contributed by atoms with Crippen LogP contribution in [0.1, 0.15) is 17.7 Å². The number of amidine groups is 1. The molecule has 1 aliphatic rings. The molecule has 2 heterocycles. The van der Waals surface area contributed by atoms with Crippen LogP contribution in [0.3, 0.4) is 0 Å². The molecule has 1 amide bonds. The first-order chi connectivity index (χ1) is 15.3. The van der Waals surface area contributed by atoms with Gasteiger partial charge in [-0.15, -0.1) is 0 Å². The van der Waals surface area contributed by atoms with Crippen LogP contribution in [0.5, 0.6) is 5.75 Å². The summed E-state index contributed by atoms with van der Waals surface area (Å²) in [6.45, 7) is 0.586. The van der Waals surface area contributed by atoms with Gasteiger partial charge in [-0.1, -0.05) is 18.2 Å². The normalized spacial score (nSPS) is 16.5. The number of hydrogen-bond donors (Lipinski definition) is 3. The fourth-order valence-electron chi connectivity index (χ4n) is 3.77. The summed E-state index contributed by atoms with van der Waals surface area (Å²) in [5.41, 5.74) is 6.53. The molecule has 1 aromatic heterocycles. The third-order valence-corrected chi connectivity index (χ3v) is 6.90. The van der Waals surface area contributed by atoms with Crippen LogP contribution in [-0.2, 0) is 21.4 Å². The Morgan fingerprint density at radius 3 is 2.78 bits per heavy atom. The number of nitrogens with one attached hydrogen (secondary N) is 2. The zero-order valence-corrected chi connectivity index (χ0v) is 18.2. The fourth-order valence-corrected chi connectivity index (χ4v) is 5.03. The Morgan fingerprint density at radius 1 is 1.25 bits per heavy atom. The predicted octanol–water partition coefficient (Wildman–Crippen LogP) is 1.61. The quantitative estimate of drug-likeness (QED) is 0.367. The highest BCUT2D eigenvalue weighted by Crippen LogP contribution is 2.25. The van der Waals surface area contributed by atoms with E-state index >= 15 is 0 Å². The first-order valence-electron chi connectivity index (χ1n) is 9.96. The number of hydrogen-bond acceptors (Lipinski definition) is 6. The van der Waals surface area contributed by atoms with Gasteiger partial charge in [-0.25, -0.2) is 8.42 Å². The van der Waals surface area contributed by atoms with Gasteiger partial charge in [0.05, 0.1) is 12.0 Å². The SMILES string of the molecule is COc1ccc2ccc(S(=O)(=O)NC3CCN(Cc4cccnc4C(=N)N)C3=O)cc2c1. The Morgan fingerprint density at radius 2 is 2.03 bits per heavy atom. The molecule has 1 unspecified atom stereocenters. The summed E-state index contributed by atoms with van der Waals surface area (Å²) < 4.78 is 33.7. The number of pyridine rings is 1. The van der Waals surface area contributed by atoms with Gasteiger partial charge < -0.3 is 15.4 Å². The Bertz CT molecular complexity index is 1310. The van der Waals surface area contributed by atoms with Gasteiger partial charge in [-0.05, 0) is 47.5 Å². The van der Waals surface area contributed by atoms with Crippen LogP contribution >= 0.6 is 0 Å². The van der Waals surface area contributed by atoms with Crippen molar-refractivity contribution in [3.05, 3.63) is 66.0 Å². The predicted molar refractivity (Wildman–Crippen MR) is 120 cm³/mol. The molecule has 0 saturated carbocycles. The number of fused-ring (bicyclic) bond motifs is 1. The summed E-state index contributed by atoms with van der Waals surface area (Å²) in [6, 6.07) is 12.8. The van der Waals surface area contributed by atoms with Crippen LogP contribution < -0.4 is 15.2 Å². The van der Waals surface area contributed by atoms with Crippen molar-refractivity contribution < 1.29 is 17.9 Å². The highest BCUT2D eigenvalue weighted by Gasteiger charge is 2.35. The van der Waals surface area contributed by atoms with Gasteiger partial charge in [0.1, 0.15) is 23.3 Å². The van der Waals surface area contributed by atoms with E-state index in [1.54, 1.807) is 48.4 Å². The number of carbonyl (C=O) groups excluding carboxylic acids is 1. The molecule has 2 aromatic carbocycles. The average Bonchev–Trinajstić information content (AvgIpc) is 3.11. The molecule has 1 atom stereocenters. The van der Waals surface area contributed by atoms with Crippen molar-refractivity contribution in [1.82, 2.24) is 14.6 Å². The van der Waals surface area contributed by atoms with Gasteiger partial charge >= 0.3 is 0 Å². The van der Waals surface area contributed by atoms with Crippen molar-refractivity contribution in [2.45, 2.75) is 23.9 Å². The fraction of sp³-hybridized carbons (Fsp3) is 0.227. The van der Waals surface area contributed by atoms with E-state index < -0.39 is 16.1 Å². The Kier molecular flexibility index (Phi) is 5.81. The smallest absolute Gasteiger partial charge is 0.241 e. The first kappa shape index (κ1) is 21.7. The summed E-state index contributed by atoms with van der Waals surface area (Å²) in [7, 11) is -2.36. The van der Waals surface area contributed by atoms with Gasteiger partial charge in [0, 0.05) is 24.8 Å². The summed E-state index contributed by atoms with van der Waals surface area (Å²) in [4.78, 5) is 18.6. The Labute approximate surface area is 185 Å². The number of rotatable bonds is 7. The van der Waals surface area contributed by atoms with Crippen molar-refractivity contribution in [3.63, 3.8) is 0 Å². The van der Waals surface area contributed by atoms with E-state index in [1.807, 2.05) is 6.07 Å². The van der Waals surface area contributed by atoms with Crippen LogP contribution in [0, 0.1) is 5.41 Å². The third-order valence-electron chi connectivity index (χ3n) is 5.43. The maximum atomic E-state index is 13.0. The molecule has 32 heavy (non-hydrogen) atoms.